The molecule has 0 N–H and O–H groups in total. The molecule has 0 aliphatic heterocycles. The molecule has 0 radical (unpaired) electrons. The van der Waals surface area contributed by atoms with Crippen molar-refractivity contribution in [3.05, 3.63) is 182 Å². The van der Waals surface area contributed by atoms with Gasteiger partial charge in [-0.3, -0.25) is 0 Å². The number of benzene rings is 8. The van der Waals surface area contributed by atoms with Gasteiger partial charge >= 0.3 is 0 Å². The van der Waals surface area contributed by atoms with Gasteiger partial charge in [-0.1, -0.05) is 109 Å². The molecule has 8 aromatic carbocycles. The van der Waals surface area contributed by atoms with Crippen LogP contribution in [0.2, 0.25) is 0 Å². The molecule has 0 amide bonds. The first-order valence-electron chi connectivity index (χ1n) is 16.7. The number of fused-ring (bicyclic) bond motifs is 7. The standard InChI is InChI=1S/C46H30N2O/c1-3-12-31(13-4-1)32-22-24-36(25-23-32)47(35-16-5-2-6-17-35)42-20-11-21-44-46(42)39-27-26-37(30-45(39)49-44)48-41-19-10-9-18-38(41)40-28-33-14-7-8-15-34(33)29-43(40)48/h1-30H. The van der Waals surface area contributed by atoms with Gasteiger partial charge in [0.05, 0.1) is 22.1 Å². The van der Waals surface area contributed by atoms with Crippen LogP contribution in [0.1, 0.15) is 0 Å². The maximum Gasteiger partial charge on any atom is 0.137 e. The Labute approximate surface area is 283 Å². The monoisotopic (exact) mass is 626 g/mol. The van der Waals surface area contributed by atoms with Crippen LogP contribution in [0.3, 0.4) is 0 Å². The number of anilines is 3. The van der Waals surface area contributed by atoms with E-state index in [1.54, 1.807) is 0 Å². The van der Waals surface area contributed by atoms with Crippen molar-refractivity contribution in [3.8, 4) is 16.8 Å². The van der Waals surface area contributed by atoms with E-state index >= 15 is 0 Å². The molecular formula is C46H30N2O. The molecule has 0 fully saturated rings. The molecule has 0 aliphatic rings. The van der Waals surface area contributed by atoms with E-state index in [-0.39, 0.29) is 0 Å². The van der Waals surface area contributed by atoms with Gasteiger partial charge in [0.25, 0.3) is 0 Å². The van der Waals surface area contributed by atoms with E-state index in [0.717, 1.165) is 44.7 Å². The zero-order chi connectivity index (χ0) is 32.3. The molecule has 0 atom stereocenters. The Kier molecular flexibility index (Phi) is 6.18. The summed E-state index contributed by atoms with van der Waals surface area (Å²) in [6.07, 6.45) is 0. The van der Waals surface area contributed by atoms with Gasteiger partial charge in [0.1, 0.15) is 11.2 Å². The summed E-state index contributed by atoms with van der Waals surface area (Å²) < 4.78 is 9.06. The van der Waals surface area contributed by atoms with Crippen molar-refractivity contribution in [2.45, 2.75) is 0 Å². The first kappa shape index (κ1) is 27.5. The highest BCUT2D eigenvalue weighted by Gasteiger charge is 2.20. The predicted molar refractivity (Wildman–Crippen MR) is 206 cm³/mol. The van der Waals surface area contributed by atoms with Crippen molar-refractivity contribution in [1.29, 1.82) is 0 Å². The fourth-order valence-corrected chi connectivity index (χ4v) is 7.49. The first-order valence-corrected chi connectivity index (χ1v) is 16.7. The maximum atomic E-state index is 6.69. The SMILES string of the molecule is c1ccc(-c2ccc(N(c3ccccc3)c3cccc4oc5cc(-n6c7ccccc7c7cc8ccccc8cc76)ccc5c34)cc2)cc1. The largest absolute Gasteiger partial charge is 0.456 e. The predicted octanol–water partition coefficient (Wildman–Crippen LogP) is 13.0. The van der Waals surface area contributed by atoms with Crippen molar-refractivity contribution < 1.29 is 4.42 Å². The Balaban J connectivity index is 1.16. The topological polar surface area (TPSA) is 21.3 Å². The lowest BCUT2D eigenvalue weighted by Crippen LogP contribution is -2.10. The van der Waals surface area contributed by atoms with Crippen LogP contribution in [-0.4, -0.2) is 4.57 Å². The fraction of sp³-hybridized carbons (Fsp3) is 0. The minimum Gasteiger partial charge on any atom is -0.456 e. The van der Waals surface area contributed by atoms with Gasteiger partial charge < -0.3 is 13.9 Å². The van der Waals surface area contributed by atoms with E-state index in [2.05, 4.69) is 191 Å². The zero-order valence-corrected chi connectivity index (χ0v) is 26.6. The molecule has 3 heteroatoms. The van der Waals surface area contributed by atoms with E-state index in [1.807, 2.05) is 0 Å². The molecule has 2 aromatic heterocycles. The molecule has 3 nitrogen and oxygen atoms in total. The normalized spacial score (nSPS) is 11.7. The lowest BCUT2D eigenvalue weighted by atomic mass is 10.0. The average Bonchev–Trinajstić information content (AvgIpc) is 3.70. The second-order valence-corrected chi connectivity index (χ2v) is 12.6. The third kappa shape index (κ3) is 4.44. The number of furan rings is 1. The molecule has 0 saturated carbocycles. The maximum absolute atomic E-state index is 6.69. The van der Waals surface area contributed by atoms with Gasteiger partial charge in [-0.05, 0) is 88.6 Å². The van der Waals surface area contributed by atoms with Crippen LogP contribution in [0.5, 0.6) is 0 Å². The third-order valence-corrected chi connectivity index (χ3v) is 9.74. The van der Waals surface area contributed by atoms with E-state index in [4.69, 9.17) is 4.42 Å². The molecule has 0 spiro atoms. The summed E-state index contributed by atoms with van der Waals surface area (Å²) in [4.78, 5) is 2.33. The molecule has 10 aromatic rings. The van der Waals surface area contributed by atoms with Crippen LogP contribution >= 0.6 is 0 Å². The van der Waals surface area contributed by atoms with Crippen LogP contribution in [-0.2, 0) is 0 Å². The second kappa shape index (κ2) is 11.0. The molecule has 2 heterocycles. The minimum absolute atomic E-state index is 0.860. The number of hydrogen-bond acceptors (Lipinski definition) is 2. The van der Waals surface area contributed by atoms with Crippen LogP contribution in [0, 0.1) is 0 Å². The van der Waals surface area contributed by atoms with Crippen molar-refractivity contribution in [2.24, 2.45) is 0 Å². The minimum atomic E-state index is 0.860. The quantitative estimate of drug-likeness (QED) is 0.190. The first-order chi connectivity index (χ1) is 24.3. The fourth-order valence-electron chi connectivity index (χ4n) is 7.49. The summed E-state index contributed by atoms with van der Waals surface area (Å²) in [5.41, 5.74) is 10.8. The second-order valence-electron chi connectivity index (χ2n) is 12.6. The van der Waals surface area contributed by atoms with Crippen LogP contribution < -0.4 is 4.90 Å². The molecule has 0 bridgehead atoms. The summed E-state index contributed by atoms with van der Waals surface area (Å²) in [6, 6.07) is 64.8. The Morgan fingerprint density at radius 2 is 1.08 bits per heavy atom. The number of hydrogen-bond donors (Lipinski definition) is 0. The Bertz CT molecular complexity index is 2810. The summed E-state index contributed by atoms with van der Waals surface area (Å²) >= 11 is 0. The summed E-state index contributed by atoms with van der Waals surface area (Å²) in [5, 5.41) is 7.14. The summed E-state index contributed by atoms with van der Waals surface area (Å²) in [5.74, 6) is 0. The lowest BCUT2D eigenvalue weighted by molar-refractivity contribution is 0.668. The van der Waals surface area contributed by atoms with E-state index in [0.29, 0.717) is 0 Å². The van der Waals surface area contributed by atoms with Crippen molar-refractivity contribution in [1.82, 2.24) is 4.57 Å². The van der Waals surface area contributed by atoms with E-state index in [1.165, 1.54) is 43.7 Å². The molecular weight excluding hydrogens is 597 g/mol. The smallest absolute Gasteiger partial charge is 0.137 e. The summed E-state index contributed by atoms with van der Waals surface area (Å²) in [6.45, 7) is 0. The highest BCUT2D eigenvalue weighted by Crippen LogP contribution is 2.44. The van der Waals surface area contributed by atoms with Gasteiger partial charge in [-0.15, -0.1) is 0 Å². The van der Waals surface area contributed by atoms with Crippen LogP contribution in [0.15, 0.2) is 186 Å². The highest BCUT2D eigenvalue weighted by atomic mass is 16.3. The van der Waals surface area contributed by atoms with Crippen LogP contribution in [0.4, 0.5) is 17.1 Å². The molecule has 10 rings (SSSR count). The van der Waals surface area contributed by atoms with Crippen molar-refractivity contribution in [3.63, 3.8) is 0 Å². The van der Waals surface area contributed by atoms with Gasteiger partial charge in [0, 0.05) is 39.3 Å². The number of para-hydroxylation sites is 2. The Morgan fingerprint density at radius 3 is 1.90 bits per heavy atom. The van der Waals surface area contributed by atoms with Crippen molar-refractivity contribution in [2.75, 3.05) is 4.90 Å². The van der Waals surface area contributed by atoms with Gasteiger partial charge in [0.2, 0.25) is 0 Å². The zero-order valence-electron chi connectivity index (χ0n) is 26.6. The van der Waals surface area contributed by atoms with Gasteiger partial charge in [-0.2, -0.15) is 0 Å². The number of rotatable bonds is 5. The molecule has 0 unspecified atom stereocenters. The number of nitrogens with zero attached hydrogens (tertiary/aromatic N) is 2. The number of aromatic nitrogens is 1. The Hall–Kier alpha value is -6.58. The molecule has 0 saturated heterocycles. The summed E-state index contributed by atoms with van der Waals surface area (Å²) in [7, 11) is 0. The molecule has 0 aliphatic carbocycles. The third-order valence-electron chi connectivity index (χ3n) is 9.74. The van der Waals surface area contributed by atoms with Crippen molar-refractivity contribution >= 4 is 71.6 Å². The highest BCUT2D eigenvalue weighted by molar-refractivity contribution is 6.15. The Morgan fingerprint density at radius 1 is 0.408 bits per heavy atom. The van der Waals surface area contributed by atoms with Gasteiger partial charge in [0.15, 0.2) is 0 Å². The van der Waals surface area contributed by atoms with Crippen LogP contribution in [0.25, 0.3) is 71.3 Å². The van der Waals surface area contributed by atoms with E-state index in [9.17, 15) is 0 Å². The van der Waals surface area contributed by atoms with Gasteiger partial charge in [-0.25, -0.2) is 0 Å². The molecule has 230 valence electrons. The average molecular weight is 627 g/mol. The molecule has 49 heavy (non-hydrogen) atoms. The lowest BCUT2D eigenvalue weighted by Gasteiger charge is -2.26. The van der Waals surface area contributed by atoms with E-state index < -0.39 is 0 Å².